The van der Waals surface area contributed by atoms with E-state index >= 15 is 0 Å². The lowest BCUT2D eigenvalue weighted by Gasteiger charge is -2.55. The quantitative estimate of drug-likeness (QED) is 0.798. The standard InChI is InChI=1S/C16H20N2O3S/c19-13-12(1-2-20-13)22-15-18-17-14(21-15)16-6-9-3-10(7-16)5-11(4-9)8-16/h9-12H,1-8H2/t9?,10?,11?,12-,16?/m1/s1. The summed E-state index contributed by atoms with van der Waals surface area (Å²) in [6, 6.07) is 0. The predicted molar refractivity (Wildman–Crippen MR) is 79.4 cm³/mol. The van der Waals surface area contributed by atoms with Gasteiger partial charge in [0.05, 0.1) is 6.61 Å². The number of thioether (sulfide) groups is 1. The Balaban J connectivity index is 1.39. The largest absolute Gasteiger partial charge is 0.465 e. The van der Waals surface area contributed by atoms with Crippen LogP contribution in [0.1, 0.15) is 50.8 Å². The normalized spacial score (nSPS) is 42.8. The van der Waals surface area contributed by atoms with E-state index in [4.69, 9.17) is 9.15 Å². The number of carbonyl (C=O) groups is 1. The third-order valence-corrected chi connectivity index (χ3v) is 7.11. The fourth-order valence-electron chi connectivity index (χ4n) is 5.55. The lowest BCUT2D eigenvalue weighted by Crippen LogP contribution is -2.48. The first-order valence-corrected chi connectivity index (χ1v) is 9.25. The van der Waals surface area contributed by atoms with Gasteiger partial charge in [-0.1, -0.05) is 0 Å². The van der Waals surface area contributed by atoms with Crippen molar-refractivity contribution in [1.82, 2.24) is 10.2 Å². The van der Waals surface area contributed by atoms with Gasteiger partial charge in [0.25, 0.3) is 5.22 Å². The molecular weight excluding hydrogens is 300 g/mol. The molecule has 5 fully saturated rings. The number of carbonyl (C=O) groups excluding carboxylic acids is 1. The van der Waals surface area contributed by atoms with Crippen molar-refractivity contribution in [2.24, 2.45) is 17.8 Å². The van der Waals surface area contributed by atoms with Crippen molar-refractivity contribution in [3.05, 3.63) is 5.89 Å². The van der Waals surface area contributed by atoms with Crippen LogP contribution in [0.5, 0.6) is 0 Å². The summed E-state index contributed by atoms with van der Waals surface area (Å²) in [6.07, 6.45) is 8.61. The summed E-state index contributed by atoms with van der Waals surface area (Å²) >= 11 is 1.37. The fourth-order valence-corrected chi connectivity index (χ4v) is 6.39. The number of aromatic nitrogens is 2. The number of esters is 1. The van der Waals surface area contributed by atoms with Crippen LogP contribution in [0.4, 0.5) is 0 Å². The molecule has 6 heteroatoms. The zero-order chi connectivity index (χ0) is 14.7. The highest BCUT2D eigenvalue weighted by atomic mass is 32.2. The highest BCUT2D eigenvalue weighted by Crippen LogP contribution is 2.60. The smallest absolute Gasteiger partial charge is 0.319 e. The molecule has 2 heterocycles. The lowest BCUT2D eigenvalue weighted by atomic mass is 9.49. The summed E-state index contributed by atoms with van der Waals surface area (Å²) < 4.78 is 11.0. The maximum Gasteiger partial charge on any atom is 0.319 e. The second-order valence-electron chi connectivity index (χ2n) is 7.63. The first-order chi connectivity index (χ1) is 10.7. The number of nitrogens with zero attached hydrogens (tertiary/aromatic N) is 2. The third-order valence-electron chi connectivity index (χ3n) is 6.03. The molecule has 1 aliphatic heterocycles. The molecule has 6 rings (SSSR count). The predicted octanol–water partition coefficient (Wildman–Crippen LogP) is 2.95. The Morgan fingerprint density at radius 3 is 2.32 bits per heavy atom. The number of rotatable bonds is 3. The lowest BCUT2D eigenvalue weighted by molar-refractivity contribution is -0.137. The Morgan fingerprint density at radius 1 is 1.05 bits per heavy atom. The number of cyclic esters (lactones) is 1. The zero-order valence-electron chi connectivity index (χ0n) is 12.5. The van der Waals surface area contributed by atoms with Gasteiger partial charge in [0.15, 0.2) is 0 Å². The Labute approximate surface area is 133 Å². The van der Waals surface area contributed by atoms with Gasteiger partial charge >= 0.3 is 5.97 Å². The molecule has 0 N–H and O–H groups in total. The Hall–Kier alpha value is -1.04. The minimum absolute atomic E-state index is 0.136. The molecule has 1 aromatic heterocycles. The molecule has 1 atom stereocenters. The van der Waals surface area contributed by atoms with Gasteiger partial charge in [-0.15, -0.1) is 10.2 Å². The van der Waals surface area contributed by atoms with Crippen LogP contribution in [0.25, 0.3) is 0 Å². The van der Waals surface area contributed by atoms with Crippen LogP contribution >= 0.6 is 11.8 Å². The molecule has 5 nitrogen and oxygen atoms in total. The van der Waals surface area contributed by atoms with E-state index in [9.17, 15) is 4.79 Å². The van der Waals surface area contributed by atoms with E-state index in [1.54, 1.807) is 0 Å². The maximum atomic E-state index is 11.6. The molecule has 0 radical (unpaired) electrons. The van der Waals surface area contributed by atoms with Gasteiger partial charge in [-0.25, -0.2) is 0 Å². The summed E-state index contributed by atoms with van der Waals surface area (Å²) in [5.74, 6) is 3.26. The van der Waals surface area contributed by atoms with Gasteiger partial charge in [-0.3, -0.25) is 4.79 Å². The first kappa shape index (κ1) is 13.4. The molecule has 0 unspecified atom stereocenters. The van der Waals surface area contributed by atoms with Crippen LogP contribution in [-0.4, -0.2) is 28.0 Å². The number of ether oxygens (including phenoxy) is 1. The van der Waals surface area contributed by atoms with E-state index in [2.05, 4.69) is 10.2 Å². The van der Waals surface area contributed by atoms with E-state index in [1.807, 2.05) is 0 Å². The minimum Gasteiger partial charge on any atom is -0.465 e. The van der Waals surface area contributed by atoms with Crippen molar-refractivity contribution in [3.63, 3.8) is 0 Å². The molecular formula is C16H20N2O3S. The number of hydrogen-bond acceptors (Lipinski definition) is 6. The van der Waals surface area contributed by atoms with Crippen LogP contribution in [0.3, 0.4) is 0 Å². The summed E-state index contributed by atoms with van der Waals surface area (Å²) in [6.45, 7) is 0.506. The molecule has 5 aliphatic rings. The fraction of sp³-hybridized carbons (Fsp3) is 0.812. The Bertz CT molecular complexity index is 579. The first-order valence-electron chi connectivity index (χ1n) is 8.37. The highest BCUT2D eigenvalue weighted by Gasteiger charge is 2.54. The van der Waals surface area contributed by atoms with E-state index in [0.29, 0.717) is 11.8 Å². The molecule has 118 valence electrons. The average molecular weight is 320 g/mol. The van der Waals surface area contributed by atoms with Gasteiger partial charge in [0.1, 0.15) is 5.25 Å². The molecule has 4 bridgehead atoms. The molecule has 0 amide bonds. The van der Waals surface area contributed by atoms with Crippen molar-refractivity contribution in [2.45, 2.75) is 60.8 Å². The average Bonchev–Trinajstić information content (AvgIpc) is 3.08. The third kappa shape index (κ3) is 2.02. The molecule has 22 heavy (non-hydrogen) atoms. The van der Waals surface area contributed by atoms with Gasteiger partial charge in [-0.05, 0) is 68.0 Å². The Morgan fingerprint density at radius 2 is 1.73 bits per heavy atom. The Kier molecular flexibility index (Phi) is 2.88. The SMILES string of the molecule is O=C1OCC[C@H]1Sc1nnc(C23CC4CC(CC(C4)C2)C3)o1. The van der Waals surface area contributed by atoms with Crippen LogP contribution in [0.2, 0.25) is 0 Å². The van der Waals surface area contributed by atoms with Crippen molar-refractivity contribution >= 4 is 17.7 Å². The summed E-state index contributed by atoms with van der Waals surface area (Å²) in [7, 11) is 0. The topological polar surface area (TPSA) is 65.2 Å². The molecule has 4 aliphatic carbocycles. The van der Waals surface area contributed by atoms with Crippen molar-refractivity contribution in [1.29, 1.82) is 0 Å². The van der Waals surface area contributed by atoms with Gasteiger partial charge < -0.3 is 9.15 Å². The van der Waals surface area contributed by atoms with Crippen LogP contribution < -0.4 is 0 Å². The molecule has 0 spiro atoms. The van der Waals surface area contributed by atoms with E-state index in [0.717, 1.165) is 30.1 Å². The maximum absolute atomic E-state index is 11.6. The van der Waals surface area contributed by atoms with Crippen LogP contribution in [-0.2, 0) is 14.9 Å². The highest BCUT2D eigenvalue weighted by molar-refractivity contribution is 8.00. The van der Waals surface area contributed by atoms with Gasteiger partial charge in [0, 0.05) is 11.8 Å². The molecule has 1 saturated heterocycles. The van der Waals surface area contributed by atoms with E-state index in [-0.39, 0.29) is 16.6 Å². The van der Waals surface area contributed by atoms with Crippen LogP contribution in [0, 0.1) is 17.8 Å². The summed E-state index contributed by atoms with van der Waals surface area (Å²) in [4.78, 5) is 11.6. The second-order valence-corrected chi connectivity index (χ2v) is 8.79. The van der Waals surface area contributed by atoms with Gasteiger partial charge in [0.2, 0.25) is 5.89 Å². The van der Waals surface area contributed by atoms with Crippen molar-refractivity contribution < 1.29 is 13.9 Å². The van der Waals surface area contributed by atoms with E-state index in [1.165, 1.54) is 50.3 Å². The zero-order valence-corrected chi connectivity index (χ0v) is 13.3. The molecule has 1 aromatic rings. The summed E-state index contributed by atoms with van der Waals surface area (Å²) in [5, 5.41) is 8.95. The van der Waals surface area contributed by atoms with Crippen molar-refractivity contribution in [2.75, 3.05) is 6.61 Å². The molecule has 0 aromatic carbocycles. The van der Waals surface area contributed by atoms with Crippen molar-refractivity contribution in [3.8, 4) is 0 Å². The van der Waals surface area contributed by atoms with E-state index < -0.39 is 0 Å². The summed E-state index contributed by atoms with van der Waals surface area (Å²) in [5.41, 5.74) is 0.136. The van der Waals surface area contributed by atoms with Gasteiger partial charge in [-0.2, -0.15) is 0 Å². The monoisotopic (exact) mass is 320 g/mol. The second kappa shape index (κ2) is 4.73. The molecule has 4 saturated carbocycles. The van der Waals surface area contributed by atoms with Crippen LogP contribution in [0.15, 0.2) is 9.64 Å². The minimum atomic E-state index is -0.176. The number of hydrogen-bond donors (Lipinski definition) is 0.